The van der Waals surface area contributed by atoms with E-state index in [0.29, 0.717) is 25.6 Å². The lowest BCUT2D eigenvalue weighted by Crippen LogP contribution is -2.47. The Morgan fingerprint density at radius 3 is 3.12 bits per heavy atom. The summed E-state index contributed by atoms with van der Waals surface area (Å²) in [6, 6.07) is 6.42. The molecule has 3 rings (SSSR count). The van der Waals surface area contributed by atoms with Crippen molar-refractivity contribution in [1.82, 2.24) is 19.6 Å². The second kappa shape index (κ2) is 7.77. The van der Waals surface area contributed by atoms with Crippen molar-refractivity contribution in [2.45, 2.75) is 38.8 Å². The SMILES string of the molecule is CC(C)N1CCOC(CC(=O)NCCc2cn3ccccc3n2)C1. The van der Waals surface area contributed by atoms with Gasteiger partial charge in [-0.25, -0.2) is 4.98 Å². The highest BCUT2D eigenvalue weighted by Gasteiger charge is 2.24. The maximum absolute atomic E-state index is 12.1. The van der Waals surface area contributed by atoms with Crippen molar-refractivity contribution in [1.29, 1.82) is 0 Å². The molecule has 0 aromatic carbocycles. The average Bonchev–Trinajstić information content (AvgIpc) is 2.97. The topological polar surface area (TPSA) is 58.9 Å². The summed E-state index contributed by atoms with van der Waals surface area (Å²) in [5.74, 6) is 0.0503. The molecular weight excluding hydrogens is 304 g/mol. The van der Waals surface area contributed by atoms with Gasteiger partial charge in [0.2, 0.25) is 5.91 Å². The number of pyridine rings is 1. The number of fused-ring (bicyclic) bond motifs is 1. The lowest BCUT2D eigenvalue weighted by molar-refractivity contribution is -0.126. The van der Waals surface area contributed by atoms with Crippen LogP contribution in [0.2, 0.25) is 0 Å². The molecular formula is C18H26N4O2. The molecule has 0 spiro atoms. The van der Waals surface area contributed by atoms with Crippen LogP contribution in [-0.2, 0) is 16.0 Å². The predicted octanol–water partition coefficient (Wildman–Crippen LogP) is 1.49. The third-order valence-electron chi connectivity index (χ3n) is 4.43. The van der Waals surface area contributed by atoms with E-state index < -0.39 is 0 Å². The lowest BCUT2D eigenvalue weighted by Gasteiger charge is -2.35. The Hall–Kier alpha value is -1.92. The largest absolute Gasteiger partial charge is 0.375 e. The smallest absolute Gasteiger partial charge is 0.222 e. The van der Waals surface area contributed by atoms with Crippen LogP contribution in [0, 0.1) is 0 Å². The van der Waals surface area contributed by atoms with Gasteiger partial charge < -0.3 is 14.5 Å². The normalized spacial score (nSPS) is 19.0. The number of hydrogen-bond acceptors (Lipinski definition) is 4. The molecule has 1 saturated heterocycles. The molecule has 1 N–H and O–H groups in total. The molecule has 0 aliphatic carbocycles. The first-order valence-corrected chi connectivity index (χ1v) is 8.67. The molecule has 0 radical (unpaired) electrons. The molecule has 3 heterocycles. The van der Waals surface area contributed by atoms with E-state index in [1.54, 1.807) is 0 Å². The van der Waals surface area contributed by atoms with Gasteiger partial charge in [-0.3, -0.25) is 9.69 Å². The minimum Gasteiger partial charge on any atom is -0.375 e. The minimum absolute atomic E-state index is 0.00339. The summed E-state index contributed by atoms with van der Waals surface area (Å²) >= 11 is 0. The molecule has 0 saturated carbocycles. The van der Waals surface area contributed by atoms with Crippen LogP contribution in [-0.4, -0.2) is 58.6 Å². The van der Waals surface area contributed by atoms with Crippen molar-refractivity contribution < 1.29 is 9.53 Å². The predicted molar refractivity (Wildman–Crippen MR) is 93.0 cm³/mol. The fraction of sp³-hybridized carbons (Fsp3) is 0.556. The van der Waals surface area contributed by atoms with Gasteiger partial charge in [-0.2, -0.15) is 0 Å². The molecule has 2 aromatic heterocycles. The van der Waals surface area contributed by atoms with Crippen molar-refractivity contribution in [3.63, 3.8) is 0 Å². The van der Waals surface area contributed by atoms with Gasteiger partial charge in [0.25, 0.3) is 0 Å². The van der Waals surface area contributed by atoms with Crippen LogP contribution in [0.15, 0.2) is 30.6 Å². The van der Waals surface area contributed by atoms with Crippen LogP contribution in [0.5, 0.6) is 0 Å². The van der Waals surface area contributed by atoms with E-state index in [-0.39, 0.29) is 12.0 Å². The molecule has 1 atom stereocenters. The molecule has 1 fully saturated rings. The molecule has 24 heavy (non-hydrogen) atoms. The Labute approximate surface area is 142 Å². The van der Waals surface area contributed by atoms with E-state index in [9.17, 15) is 4.79 Å². The van der Waals surface area contributed by atoms with Gasteiger partial charge in [0.1, 0.15) is 5.65 Å². The van der Waals surface area contributed by atoms with Crippen molar-refractivity contribution in [2.24, 2.45) is 0 Å². The van der Waals surface area contributed by atoms with Crippen molar-refractivity contribution in [3.8, 4) is 0 Å². The van der Waals surface area contributed by atoms with Gasteiger partial charge in [-0.1, -0.05) is 6.07 Å². The van der Waals surface area contributed by atoms with Crippen molar-refractivity contribution in [3.05, 3.63) is 36.3 Å². The number of ether oxygens (including phenoxy) is 1. The molecule has 130 valence electrons. The highest BCUT2D eigenvalue weighted by molar-refractivity contribution is 5.76. The maximum atomic E-state index is 12.1. The highest BCUT2D eigenvalue weighted by Crippen LogP contribution is 2.11. The summed E-state index contributed by atoms with van der Waals surface area (Å²) in [4.78, 5) is 19.0. The summed E-state index contributed by atoms with van der Waals surface area (Å²) in [7, 11) is 0. The summed E-state index contributed by atoms with van der Waals surface area (Å²) in [6.07, 6.45) is 5.14. The zero-order chi connectivity index (χ0) is 16.9. The van der Waals surface area contributed by atoms with Gasteiger partial charge >= 0.3 is 0 Å². The number of rotatable bonds is 6. The van der Waals surface area contributed by atoms with Crippen molar-refractivity contribution >= 4 is 11.6 Å². The first-order valence-electron chi connectivity index (χ1n) is 8.67. The number of imidazole rings is 1. The molecule has 0 bridgehead atoms. The third kappa shape index (κ3) is 4.33. The molecule has 1 aliphatic heterocycles. The van der Waals surface area contributed by atoms with Gasteiger partial charge in [0.15, 0.2) is 0 Å². The van der Waals surface area contributed by atoms with Gasteiger partial charge in [0.05, 0.1) is 24.8 Å². The van der Waals surface area contributed by atoms with Gasteiger partial charge in [-0.05, 0) is 26.0 Å². The number of morpholine rings is 1. The van der Waals surface area contributed by atoms with Gasteiger partial charge in [-0.15, -0.1) is 0 Å². The van der Waals surface area contributed by atoms with Crippen LogP contribution in [0.25, 0.3) is 5.65 Å². The summed E-state index contributed by atoms with van der Waals surface area (Å²) < 4.78 is 7.71. The number of hydrogen-bond donors (Lipinski definition) is 1. The Bertz CT molecular complexity index is 649. The lowest BCUT2D eigenvalue weighted by atomic mass is 10.1. The number of nitrogens with zero attached hydrogens (tertiary/aromatic N) is 3. The Kier molecular flexibility index (Phi) is 5.48. The Morgan fingerprint density at radius 1 is 1.46 bits per heavy atom. The molecule has 1 aliphatic rings. The molecule has 6 heteroatoms. The Morgan fingerprint density at radius 2 is 2.33 bits per heavy atom. The Balaban J connectivity index is 1.42. The molecule has 1 amide bonds. The van der Waals surface area contributed by atoms with E-state index in [1.807, 2.05) is 35.0 Å². The van der Waals surface area contributed by atoms with Crippen LogP contribution >= 0.6 is 0 Å². The van der Waals surface area contributed by atoms with Crippen LogP contribution in [0.1, 0.15) is 26.0 Å². The second-order valence-electron chi connectivity index (χ2n) is 6.58. The summed E-state index contributed by atoms with van der Waals surface area (Å²) in [5.41, 5.74) is 1.92. The van der Waals surface area contributed by atoms with E-state index in [2.05, 4.69) is 29.0 Å². The first kappa shape index (κ1) is 16.9. The highest BCUT2D eigenvalue weighted by atomic mass is 16.5. The summed E-state index contributed by atoms with van der Waals surface area (Å²) in [5, 5.41) is 2.98. The fourth-order valence-corrected chi connectivity index (χ4v) is 3.05. The van der Waals surface area contributed by atoms with Crippen LogP contribution in [0.3, 0.4) is 0 Å². The van der Waals surface area contributed by atoms with Crippen LogP contribution < -0.4 is 5.32 Å². The standard InChI is InChI=1S/C18H26N4O2/c1-14(2)21-9-10-24-16(13-21)11-18(23)19-7-6-15-12-22-8-4-3-5-17(22)20-15/h3-5,8,12,14,16H,6-7,9-11,13H2,1-2H3,(H,19,23). The monoisotopic (exact) mass is 330 g/mol. The third-order valence-corrected chi connectivity index (χ3v) is 4.43. The van der Waals surface area contributed by atoms with E-state index >= 15 is 0 Å². The van der Waals surface area contributed by atoms with E-state index in [0.717, 1.165) is 30.9 Å². The van der Waals surface area contributed by atoms with E-state index in [4.69, 9.17) is 4.74 Å². The maximum Gasteiger partial charge on any atom is 0.222 e. The number of carbonyl (C=O) groups excluding carboxylic acids is 1. The number of aromatic nitrogens is 2. The number of amides is 1. The minimum atomic E-state index is -0.00339. The van der Waals surface area contributed by atoms with Gasteiger partial charge in [0, 0.05) is 44.5 Å². The second-order valence-corrected chi connectivity index (χ2v) is 6.58. The number of carbonyl (C=O) groups is 1. The average molecular weight is 330 g/mol. The van der Waals surface area contributed by atoms with Crippen molar-refractivity contribution in [2.75, 3.05) is 26.2 Å². The fourth-order valence-electron chi connectivity index (χ4n) is 3.05. The quantitative estimate of drug-likeness (QED) is 0.872. The molecule has 6 nitrogen and oxygen atoms in total. The zero-order valence-electron chi connectivity index (χ0n) is 14.4. The summed E-state index contributed by atoms with van der Waals surface area (Å²) in [6.45, 7) is 7.44. The first-order chi connectivity index (χ1) is 11.6. The molecule has 2 aromatic rings. The molecule has 1 unspecified atom stereocenters. The zero-order valence-corrected chi connectivity index (χ0v) is 14.4. The number of nitrogens with one attached hydrogen (secondary N) is 1. The van der Waals surface area contributed by atoms with Crippen LogP contribution in [0.4, 0.5) is 0 Å². The van der Waals surface area contributed by atoms with E-state index in [1.165, 1.54) is 0 Å².